The average Bonchev–Trinajstić information content (AvgIpc) is 3.33. The molecule has 0 radical (unpaired) electrons. The minimum Gasteiger partial charge on any atom is -0.309 e. The fourth-order valence-electron chi connectivity index (χ4n) is 8.87. The van der Waals surface area contributed by atoms with Gasteiger partial charge in [0.15, 0.2) is 0 Å². The van der Waals surface area contributed by atoms with Crippen molar-refractivity contribution >= 4 is 38.6 Å². The molecule has 0 fully saturated rings. The number of benzene rings is 7. The topological polar surface area (TPSA) is 3.24 Å². The van der Waals surface area contributed by atoms with Crippen molar-refractivity contribution in [2.75, 3.05) is 4.90 Å². The Labute approximate surface area is 284 Å². The van der Waals surface area contributed by atoms with E-state index in [0.29, 0.717) is 0 Å². The molecule has 0 atom stereocenters. The maximum Gasteiger partial charge on any atom is 0.0621 e. The van der Waals surface area contributed by atoms with Crippen molar-refractivity contribution in [2.24, 2.45) is 0 Å². The van der Waals surface area contributed by atoms with Crippen molar-refractivity contribution in [3.05, 3.63) is 162 Å². The predicted octanol–water partition coefficient (Wildman–Crippen LogP) is 13.0. The maximum atomic E-state index is 2.56. The van der Waals surface area contributed by atoms with Gasteiger partial charge >= 0.3 is 0 Å². The minimum atomic E-state index is -0.138. The van der Waals surface area contributed by atoms with Crippen LogP contribution >= 0.6 is 0 Å². The zero-order chi connectivity index (χ0) is 33.0. The zero-order valence-electron chi connectivity index (χ0n) is 28.7. The Kier molecular flexibility index (Phi) is 6.01. The summed E-state index contributed by atoms with van der Waals surface area (Å²) in [5.41, 5.74) is 14.2. The summed E-state index contributed by atoms with van der Waals surface area (Å²) < 4.78 is 0. The van der Waals surface area contributed by atoms with Gasteiger partial charge in [-0.1, -0.05) is 151 Å². The van der Waals surface area contributed by atoms with E-state index in [1.807, 2.05) is 0 Å². The normalized spacial score (nSPS) is 16.2. The van der Waals surface area contributed by atoms with Crippen LogP contribution in [-0.2, 0) is 16.2 Å². The molecule has 0 saturated heterocycles. The van der Waals surface area contributed by atoms with Crippen LogP contribution in [-0.4, -0.2) is 0 Å². The van der Waals surface area contributed by atoms with E-state index in [9.17, 15) is 0 Å². The SMILES string of the molecule is CC1(C)c2ccccc2-c2ccc(N(c3ccccc3)c3c4c(cc5c3ccc3ccccc35)C(C)(C)C(C)(C)c3ccccc3-4)cc21. The van der Waals surface area contributed by atoms with Crippen LogP contribution in [0.3, 0.4) is 0 Å². The highest BCUT2D eigenvalue weighted by molar-refractivity contribution is 6.17. The summed E-state index contributed by atoms with van der Waals surface area (Å²) in [5, 5.41) is 5.14. The van der Waals surface area contributed by atoms with E-state index in [1.54, 1.807) is 0 Å². The van der Waals surface area contributed by atoms with Crippen LogP contribution in [0, 0.1) is 0 Å². The quantitative estimate of drug-likeness (QED) is 0.178. The molecule has 2 aliphatic carbocycles. The van der Waals surface area contributed by atoms with Crippen LogP contribution in [0.25, 0.3) is 43.8 Å². The van der Waals surface area contributed by atoms with Crippen molar-refractivity contribution in [1.82, 2.24) is 0 Å². The molecule has 0 amide bonds. The van der Waals surface area contributed by atoms with Crippen LogP contribution in [0.2, 0.25) is 0 Å². The predicted molar refractivity (Wildman–Crippen MR) is 205 cm³/mol. The summed E-state index contributed by atoms with van der Waals surface area (Å²) in [6, 6.07) is 52.3. The van der Waals surface area contributed by atoms with E-state index in [-0.39, 0.29) is 16.2 Å². The van der Waals surface area contributed by atoms with Crippen LogP contribution in [0.15, 0.2) is 140 Å². The first-order chi connectivity index (χ1) is 23.1. The average molecular weight is 620 g/mol. The van der Waals surface area contributed by atoms with Gasteiger partial charge in [-0.2, -0.15) is 0 Å². The van der Waals surface area contributed by atoms with Crippen LogP contribution < -0.4 is 4.90 Å². The molecular formula is C47H41N. The molecule has 2 aliphatic rings. The lowest BCUT2D eigenvalue weighted by Gasteiger charge is -2.49. The number of hydrogen-bond donors (Lipinski definition) is 0. The van der Waals surface area contributed by atoms with Crippen molar-refractivity contribution < 1.29 is 0 Å². The molecule has 0 bridgehead atoms. The van der Waals surface area contributed by atoms with Crippen molar-refractivity contribution in [3.8, 4) is 22.3 Å². The molecule has 0 aromatic heterocycles. The lowest BCUT2D eigenvalue weighted by atomic mass is 9.55. The third-order valence-corrected chi connectivity index (χ3v) is 12.2. The van der Waals surface area contributed by atoms with Crippen molar-refractivity contribution in [2.45, 2.75) is 57.8 Å². The van der Waals surface area contributed by atoms with E-state index in [2.05, 4.69) is 186 Å². The summed E-state index contributed by atoms with van der Waals surface area (Å²) in [5.74, 6) is 0. The third kappa shape index (κ3) is 3.79. The Bertz CT molecular complexity index is 2430. The Morgan fingerprint density at radius 1 is 0.396 bits per heavy atom. The summed E-state index contributed by atoms with van der Waals surface area (Å²) >= 11 is 0. The highest BCUT2D eigenvalue weighted by atomic mass is 15.1. The number of hydrogen-bond acceptors (Lipinski definition) is 1. The van der Waals surface area contributed by atoms with Crippen LogP contribution in [0.5, 0.6) is 0 Å². The molecule has 0 unspecified atom stereocenters. The summed E-state index contributed by atoms with van der Waals surface area (Å²) in [7, 11) is 0. The molecular weight excluding hydrogens is 579 g/mol. The number of fused-ring (bicyclic) bond motifs is 9. The second kappa shape index (κ2) is 9.94. The fourth-order valence-corrected chi connectivity index (χ4v) is 8.87. The Morgan fingerprint density at radius 2 is 1.02 bits per heavy atom. The Balaban J connectivity index is 1.44. The lowest BCUT2D eigenvalue weighted by molar-refractivity contribution is 0.299. The molecule has 7 aromatic rings. The van der Waals surface area contributed by atoms with Crippen molar-refractivity contribution in [3.63, 3.8) is 0 Å². The highest BCUT2D eigenvalue weighted by Gasteiger charge is 2.47. The minimum absolute atomic E-state index is 0.0763. The van der Waals surface area contributed by atoms with Gasteiger partial charge in [-0.15, -0.1) is 0 Å². The third-order valence-electron chi connectivity index (χ3n) is 12.2. The Morgan fingerprint density at radius 3 is 1.81 bits per heavy atom. The molecule has 1 nitrogen and oxygen atoms in total. The van der Waals surface area contributed by atoms with E-state index in [4.69, 9.17) is 0 Å². The first-order valence-electron chi connectivity index (χ1n) is 17.3. The zero-order valence-corrected chi connectivity index (χ0v) is 28.7. The van der Waals surface area contributed by atoms with Crippen LogP contribution in [0.4, 0.5) is 17.1 Å². The van der Waals surface area contributed by atoms with E-state index in [0.717, 1.165) is 5.69 Å². The number of anilines is 3. The van der Waals surface area contributed by atoms with Gasteiger partial charge in [0.25, 0.3) is 0 Å². The molecule has 234 valence electrons. The molecule has 7 aromatic carbocycles. The largest absolute Gasteiger partial charge is 0.309 e. The summed E-state index contributed by atoms with van der Waals surface area (Å²) in [6.45, 7) is 14.5. The van der Waals surface area contributed by atoms with Gasteiger partial charge in [-0.3, -0.25) is 0 Å². The van der Waals surface area contributed by atoms with Gasteiger partial charge in [0.1, 0.15) is 0 Å². The van der Waals surface area contributed by atoms with E-state index >= 15 is 0 Å². The molecule has 0 N–H and O–H groups in total. The molecule has 0 spiro atoms. The van der Waals surface area contributed by atoms with Gasteiger partial charge in [0.05, 0.1) is 5.69 Å². The molecule has 0 saturated carbocycles. The lowest BCUT2D eigenvalue weighted by Crippen LogP contribution is -2.43. The Hall–Kier alpha value is -5.14. The van der Waals surface area contributed by atoms with E-state index < -0.39 is 0 Å². The second-order valence-corrected chi connectivity index (χ2v) is 15.4. The number of rotatable bonds is 3. The highest BCUT2D eigenvalue weighted by Crippen LogP contribution is 2.60. The van der Waals surface area contributed by atoms with Gasteiger partial charge in [0, 0.05) is 27.7 Å². The van der Waals surface area contributed by atoms with Gasteiger partial charge < -0.3 is 4.90 Å². The second-order valence-electron chi connectivity index (χ2n) is 15.4. The van der Waals surface area contributed by atoms with Gasteiger partial charge in [-0.25, -0.2) is 0 Å². The number of nitrogens with zero attached hydrogens (tertiary/aromatic N) is 1. The standard InChI is InChI=1S/C47H41N/c1-45(2)39-22-14-12-20-34(39)35-27-25-32(28-41(35)45)48(31-17-8-7-9-18-31)44-36-26-24-30-16-10-11-19-33(30)38(36)29-42-43(44)37-21-13-15-23-40(37)46(3,4)47(42,5)6/h7-29H,1-6H3. The molecule has 9 rings (SSSR count). The van der Waals surface area contributed by atoms with Gasteiger partial charge in [-0.05, 0) is 96.3 Å². The maximum absolute atomic E-state index is 2.56. The molecule has 0 heterocycles. The van der Waals surface area contributed by atoms with Gasteiger partial charge in [0.2, 0.25) is 0 Å². The first kappa shape index (κ1) is 29.0. The fraction of sp³-hybridized carbons (Fsp3) is 0.191. The summed E-state index contributed by atoms with van der Waals surface area (Å²) in [6.07, 6.45) is 0. The molecule has 0 aliphatic heterocycles. The monoisotopic (exact) mass is 619 g/mol. The summed E-state index contributed by atoms with van der Waals surface area (Å²) in [4.78, 5) is 2.56. The molecule has 1 heteroatoms. The number of para-hydroxylation sites is 1. The molecule has 48 heavy (non-hydrogen) atoms. The smallest absolute Gasteiger partial charge is 0.0621 e. The van der Waals surface area contributed by atoms with Crippen molar-refractivity contribution in [1.29, 1.82) is 0 Å². The van der Waals surface area contributed by atoms with Crippen LogP contribution in [0.1, 0.15) is 63.8 Å². The van der Waals surface area contributed by atoms with E-state index in [1.165, 1.54) is 77.4 Å². The first-order valence-corrected chi connectivity index (χ1v) is 17.3.